The smallest absolute Gasteiger partial charge is 0.248 e. The van der Waals surface area contributed by atoms with E-state index in [2.05, 4.69) is 11.9 Å². The first-order valence-corrected chi connectivity index (χ1v) is 7.77. The molecule has 0 aliphatic carbocycles. The predicted molar refractivity (Wildman–Crippen MR) is 97.4 cm³/mol. The lowest BCUT2D eigenvalue weighted by Crippen LogP contribution is -2.09. The SMILES string of the molecule is C=CCOc1ccccc1NC(=O)/C=C/c1ccc(OCC)cc1. The molecular formula is C20H21NO3. The van der Waals surface area contributed by atoms with Gasteiger partial charge in [-0.3, -0.25) is 4.79 Å². The second-order valence-electron chi connectivity index (χ2n) is 4.92. The van der Waals surface area contributed by atoms with Gasteiger partial charge in [0.25, 0.3) is 0 Å². The van der Waals surface area contributed by atoms with Crippen LogP contribution in [0.4, 0.5) is 5.69 Å². The van der Waals surface area contributed by atoms with E-state index in [1.165, 1.54) is 6.08 Å². The molecule has 0 atom stereocenters. The standard InChI is InChI=1S/C20H21NO3/c1-3-15-24-19-8-6-5-7-18(19)21-20(22)14-11-16-9-12-17(13-10-16)23-4-2/h3,5-14H,1,4,15H2,2H3,(H,21,22)/b14-11+. The van der Waals surface area contributed by atoms with E-state index in [1.54, 1.807) is 24.3 Å². The first-order chi connectivity index (χ1) is 11.7. The van der Waals surface area contributed by atoms with Crippen molar-refractivity contribution in [1.29, 1.82) is 0 Å². The van der Waals surface area contributed by atoms with E-state index in [1.807, 2.05) is 43.3 Å². The molecule has 0 fully saturated rings. The molecule has 0 radical (unpaired) electrons. The van der Waals surface area contributed by atoms with Crippen LogP contribution in [0.25, 0.3) is 6.08 Å². The molecule has 0 heterocycles. The summed E-state index contributed by atoms with van der Waals surface area (Å²) in [5.41, 5.74) is 1.55. The third kappa shape index (κ3) is 5.32. The van der Waals surface area contributed by atoms with Crippen molar-refractivity contribution in [3.05, 3.63) is 72.8 Å². The van der Waals surface area contributed by atoms with Gasteiger partial charge in [-0.2, -0.15) is 0 Å². The van der Waals surface area contributed by atoms with E-state index in [-0.39, 0.29) is 5.91 Å². The molecule has 0 saturated carbocycles. The maximum atomic E-state index is 12.1. The van der Waals surface area contributed by atoms with E-state index in [0.29, 0.717) is 24.7 Å². The largest absolute Gasteiger partial charge is 0.494 e. The molecule has 2 rings (SSSR count). The maximum absolute atomic E-state index is 12.1. The third-order valence-corrected chi connectivity index (χ3v) is 3.12. The summed E-state index contributed by atoms with van der Waals surface area (Å²) in [5, 5.41) is 2.81. The van der Waals surface area contributed by atoms with Crippen LogP contribution < -0.4 is 14.8 Å². The van der Waals surface area contributed by atoms with E-state index in [0.717, 1.165) is 11.3 Å². The van der Waals surface area contributed by atoms with Gasteiger partial charge in [0.15, 0.2) is 0 Å². The maximum Gasteiger partial charge on any atom is 0.248 e. The first-order valence-electron chi connectivity index (χ1n) is 7.77. The van der Waals surface area contributed by atoms with Crippen molar-refractivity contribution in [2.75, 3.05) is 18.5 Å². The molecule has 0 unspecified atom stereocenters. The molecule has 0 bridgehead atoms. The summed E-state index contributed by atoms with van der Waals surface area (Å²) in [6.45, 7) is 6.57. The number of nitrogens with one attached hydrogen (secondary N) is 1. The van der Waals surface area contributed by atoms with E-state index in [4.69, 9.17) is 9.47 Å². The number of hydrogen-bond donors (Lipinski definition) is 1. The van der Waals surface area contributed by atoms with Crippen LogP contribution in [-0.4, -0.2) is 19.1 Å². The molecule has 1 amide bonds. The van der Waals surface area contributed by atoms with Gasteiger partial charge >= 0.3 is 0 Å². The van der Waals surface area contributed by atoms with Crippen LogP contribution >= 0.6 is 0 Å². The molecule has 0 aromatic heterocycles. The molecule has 2 aromatic carbocycles. The number of hydrogen-bond acceptors (Lipinski definition) is 3. The number of carbonyl (C=O) groups is 1. The zero-order valence-corrected chi connectivity index (χ0v) is 13.7. The number of anilines is 1. The molecule has 0 aliphatic heterocycles. The van der Waals surface area contributed by atoms with Crippen molar-refractivity contribution in [2.24, 2.45) is 0 Å². The number of ether oxygens (including phenoxy) is 2. The Bertz CT molecular complexity index is 705. The second-order valence-corrected chi connectivity index (χ2v) is 4.92. The Hall–Kier alpha value is -3.01. The van der Waals surface area contributed by atoms with Crippen molar-refractivity contribution >= 4 is 17.7 Å². The Morgan fingerprint density at radius 3 is 2.58 bits per heavy atom. The minimum atomic E-state index is -0.224. The van der Waals surface area contributed by atoms with Gasteiger partial charge in [0.1, 0.15) is 18.1 Å². The highest BCUT2D eigenvalue weighted by atomic mass is 16.5. The van der Waals surface area contributed by atoms with Crippen molar-refractivity contribution < 1.29 is 14.3 Å². The van der Waals surface area contributed by atoms with Crippen LogP contribution in [0.5, 0.6) is 11.5 Å². The summed E-state index contributed by atoms with van der Waals surface area (Å²) < 4.78 is 10.9. The number of carbonyl (C=O) groups excluding carboxylic acids is 1. The quantitative estimate of drug-likeness (QED) is 0.582. The third-order valence-electron chi connectivity index (χ3n) is 3.12. The Balaban J connectivity index is 1.98. The molecule has 124 valence electrons. The molecule has 0 spiro atoms. The average molecular weight is 323 g/mol. The van der Waals surface area contributed by atoms with Crippen LogP contribution in [0.2, 0.25) is 0 Å². The Morgan fingerprint density at radius 1 is 1.12 bits per heavy atom. The van der Waals surface area contributed by atoms with Crippen molar-refractivity contribution in [3.63, 3.8) is 0 Å². The normalized spacial score (nSPS) is 10.4. The minimum Gasteiger partial charge on any atom is -0.494 e. The highest BCUT2D eigenvalue weighted by Gasteiger charge is 2.04. The van der Waals surface area contributed by atoms with Crippen molar-refractivity contribution in [1.82, 2.24) is 0 Å². The first kappa shape index (κ1) is 17.3. The van der Waals surface area contributed by atoms with Gasteiger partial charge in [0, 0.05) is 6.08 Å². The van der Waals surface area contributed by atoms with Crippen molar-refractivity contribution in [3.8, 4) is 11.5 Å². The summed E-state index contributed by atoms with van der Waals surface area (Å²) in [4.78, 5) is 12.1. The number of benzene rings is 2. The molecule has 24 heavy (non-hydrogen) atoms. The number of para-hydroxylation sites is 2. The molecule has 4 heteroatoms. The van der Waals surface area contributed by atoms with Crippen LogP contribution in [-0.2, 0) is 4.79 Å². The molecule has 0 aliphatic rings. The van der Waals surface area contributed by atoms with Crippen LogP contribution in [0.3, 0.4) is 0 Å². The summed E-state index contributed by atoms with van der Waals surface area (Å²) in [6.07, 6.45) is 4.89. The van der Waals surface area contributed by atoms with Gasteiger partial charge in [0.05, 0.1) is 12.3 Å². The lowest BCUT2D eigenvalue weighted by molar-refractivity contribution is -0.111. The van der Waals surface area contributed by atoms with Gasteiger partial charge in [-0.15, -0.1) is 0 Å². The summed E-state index contributed by atoms with van der Waals surface area (Å²) in [5.74, 6) is 1.20. The molecular weight excluding hydrogens is 302 g/mol. The summed E-state index contributed by atoms with van der Waals surface area (Å²) in [7, 11) is 0. The highest BCUT2D eigenvalue weighted by molar-refractivity contribution is 6.02. The minimum absolute atomic E-state index is 0.224. The van der Waals surface area contributed by atoms with Crippen LogP contribution in [0, 0.1) is 0 Å². The summed E-state index contributed by atoms with van der Waals surface area (Å²) >= 11 is 0. The Labute approximate surface area is 142 Å². The van der Waals surface area contributed by atoms with E-state index >= 15 is 0 Å². The number of rotatable bonds is 8. The molecule has 4 nitrogen and oxygen atoms in total. The number of amides is 1. The topological polar surface area (TPSA) is 47.6 Å². The Kier molecular flexibility index (Phi) is 6.65. The fourth-order valence-electron chi connectivity index (χ4n) is 2.03. The molecule has 1 N–H and O–H groups in total. The molecule has 2 aromatic rings. The van der Waals surface area contributed by atoms with Crippen molar-refractivity contribution in [2.45, 2.75) is 6.92 Å². The second kappa shape index (κ2) is 9.20. The fraction of sp³-hybridized carbons (Fsp3) is 0.150. The van der Waals surface area contributed by atoms with Gasteiger partial charge < -0.3 is 14.8 Å². The van der Waals surface area contributed by atoms with Gasteiger partial charge in [-0.05, 0) is 42.8 Å². The van der Waals surface area contributed by atoms with E-state index < -0.39 is 0 Å². The zero-order chi connectivity index (χ0) is 17.2. The van der Waals surface area contributed by atoms with Gasteiger partial charge in [-0.1, -0.05) is 36.9 Å². The summed E-state index contributed by atoms with van der Waals surface area (Å²) in [6, 6.07) is 14.8. The average Bonchev–Trinajstić information content (AvgIpc) is 2.61. The zero-order valence-electron chi connectivity index (χ0n) is 13.7. The van der Waals surface area contributed by atoms with Crippen LogP contribution in [0.1, 0.15) is 12.5 Å². The lowest BCUT2D eigenvalue weighted by Gasteiger charge is -2.10. The Morgan fingerprint density at radius 2 is 1.88 bits per heavy atom. The monoisotopic (exact) mass is 323 g/mol. The van der Waals surface area contributed by atoms with Crippen LogP contribution in [0.15, 0.2) is 67.3 Å². The lowest BCUT2D eigenvalue weighted by atomic mass is 10.2. The highest BCUT2D eigenvalue weighted by Crippen LogP contribution is 2.23. The predicted octanol–water partition coefficient (Wildman–Crippen LogP) is 4.30. The van der Waals surface area contributed by atoms with Gasteiger partial charge in [-0.25, -0.2) is 0 Å². The molecule has 0 saturated heterocycles. The van der Waals surface area contributed by atoms with E-state index in [9.17, 15) is 4.79 Å². The fourth-order valence-corrected chi connectivity index (χ4v) is 2.03. The van der Waals surface area contributed by atoms with Gasteiger partial charge in [0.2, 0.25) is 5.91 Å².